The molecule has 5 nitrogen and oxygen atoms in total. The van der Waals surface area contributed by atoms with Crippen LogP contribution in [-0.2, 0) is 9.59 Å². The Morgan fingerprint density at radius 3 is 3.00 bits per heavy atom. The van der Waals surface area contributed by atoms with Crippen LogP contribution in [0.4, 0.5) is 0 Å². The summed E-state index contributed by atoms with van der Waals surface area (Å²) in [6, 6.07) is -0.0475. The van der Waals surface area contributed by atoms with Gasteiger partial charge in [0.1, 0.15) is 0 Å². The number of nitrogens with zero attached hydrogens (tertiary/aromatic N) is 1. The summed E-state index contributed by atoms with van der Waals surface area (Å²) in [4.78, 5) is 25.1. The molecule has 18 heavy (non-hydrogen) atoms. The summed E-state index contributed by atoms with van der Waals surface area (Å²) in [6.07, 6.45) is 1.60. The molecular formula is C11H20ClN3O2S. The first-order valence-electron chi connectivity index (χ1n) is 6.06. The maximum Gasteiger partial charge on any atom is 0.238 e. The molecule has 0 aromatic rings. The first-order valence-corrected chi connectivity index (χ1v) is 7.21. The lowest BCUT2D eigenvalue weighted by atomic mass is 10.2. The predicted octanol–water partition coefficient (Wildman–Crippen LogP) is 0.198. The van der Waals surface area contributed by atoms with Gasteiger partial charge in [-0.05, 0) is 13.3 Å². The normalized spacial score (nSPS) is 24.8. The van der Waals surface area contributed by atoms with Gasteiger partial charge in [-0.2, -0.15) is 0 Å². The molecule has 2 heterocycles. The zero-order valence-electron chi connectivity index (χ0n) is 10.5. The monoisotopic (exact) mass is 293 g/mol. The Bertz CT molecular complexity index is 311. The van der Waals surface area contributed by atoms with E-state index in [0.717, 1.165) is 24.6 Å². The third kappa shape index (κ3) is 4.03. The molecule has 2 unspecified atom stereocenters. The van der Waals surface area contributed by atoms with Crippen molar-refractivity contribution in [2.45, 2.75) is 31.8 Å². The van der Waals surface area contributed by atoms with Crippen molar-refractivity contribution in [3.63, 3.8) is 0 Å². The van der Waals surface area contributed by atoms with Crippen molar-refractivity contribution < 1.29 is 9.59 Å². The minimum Gasteiger partial charge on any atom is -0.350 e. The van der Waals surface area contributed by atoms with Crippen molar-refractivity contribution in [1.82, 2.24) is 15.5 Å². The molecule has 2 N–H and O–H groups in total. The Balaban J connectivity index is 0.00000162. The number of hydrogen-bond acceptors (Lipinski definition) is 4. The molecule has 2 rings (SSSR count). The van der Waals surface area contributed by atoms with E-state index in [1.807, 2.05) is 11.8 Å². The molecule has 0 aromatic carbocycles. The lowest BCUT2D eigenvalue weighted by molar-refractivity contribution is -0.129. The third-order valence-corrected chi connectivity index (χ3v) is 4.03. The summed E-state index contributed by atoms with van der Waals surface area (Å²) in [7, 11) is 0. The minimum absolute atomic E-state index is 0. The lowest BCUT2D eigenvalue weighted by Gasteiger charge is -2.22. The van der Waals surface area contributed by atoms with Crippen LogP contribution < -0.4 is 10.6 Å². The van der Waals surface area contributed by atoms with Crippen molar-refractivity contribution in [2.24, 2.45) is 0 Å². The van der Waals surface area contributed by atoms with E-state index in [1.54, 1.807) is 11.8 Å². The molecule has 2 aliphatic rings. The summed E-state index contributed by atoms with van der Waals surface area (Å²) < 4.78 is 0. The molecule has 0 spiro atoms. The zero-order valence-corrected chi connectivity index (χ0v) is 12.1. The molecule has 0 aliphatic carbocycles. The zero-order chi connectivity index (χ0) is 12.3. The Kier molecular flexibility index (Phi) is 6.25. The third-order valence-electron chi connectivity index (χ3n) is 3.09. The van der Waals surface area contributed by atoms with Crippen molar-refractivity contribution >= 4 is 36.0 Å². The topological polar surface area (TPSA) is 61.4 Å². The predicted molar refractivity (Wildman–Crippen MR) is 74.9 cm³/mol. The van der Waals surface area contributed by atoms with Crippen molar-refractivity contribution in [2.75, 3.05) is 24.7 Å². The molecule has 0 aromatic heterocycles. The van der Waals surface area contributed by atoms with E-state index in [-0.39, 0.29) is 36.3 Å². The van der Waals surface area contributed by atoms with E-state index >= 15 is 0 Å². The number of halogens is 1. The highest BCUT2D eigenvalue weighted by molar-refractivity contribution is 7.99. The van der Waals surface area contributed by atoms with Crippen LogP contribution in [-0.4, -0.2) is 53.5 Å². The average Bonchev–Trinajstić information content (AvgIpc) is 2.90. The molecule has 2 aliphatic heterocycles. The molecule has 0 saturated carbocycles. The van der Waals surface area contributed by atoms with E-state index in [0.29, 0.717) is 13.0 Å². The molecule has 2 amide bonds. The fourth-order valence-corrected chi connectivity index (χ4v) is 3.12. The summed E-state index contributed by atoms with van der Waals surface area (Å²) in [5.41, 5.74) is 0. The van der Waals surface area contributed by atoms with E-state index in [2.05, 4.69) is 10.6 Å². The van der Waals surface area contributed by atoms with Gasteiger partial charge in [-0.25, -0.2) is 0 Å². The van der Waals surface area contributed by atoms with Crippen LogP contribution in [0.25, 0.3) is 0 Å². The molecule has 2 saturated heterocycles. The second-order valence-electron chi connectivity index (χ2n) is 4.62. The summed E-state index contributed by atoms with van der Waals surface area (Å²) in [5.74, 6) is 1.94. The molecular weight excluding hydrogens is 274 g/mol. The van der Waals surface area contributed by atoms with Crippen LogP contribution in [0.1, 0.15) is 19.8 Å². The van der Waals surface area contributed by atoms with Gasteiger partial charge in [0, 0.05) is 37.2 Å². The van der Waals surface area contributed by atoms with Gasteiger partial charge in [0.25, 0.3) is 0 Å². The highest BCUT2D eigenvalue weighted by Gasteiger charge is 2.26. The van der Waals surface area contributed by atoms with Crippen molar-refractivity contribution in [3.8, 4) is 0 Å². The van der Waals surface area contributed by atoms with Gasteiger partial charge >= 0.3 is 0 Å². The van der Waals surface area contributed by atoms with Crippen LogP contribution in [0.5, 0.6) is 0 Å². The Morgan fingerprint density at radius 2 is 2.44 bits per heavy atom. The van der Waals surface area contributed by atoms with Gasteiger partial charge in [-0.3, -0.25) is 14.9 Å². The minimum atomic E-state index is -0.0725. The molecule has 2 atom stereocenters. The highest BCUT2D eigenvalue weighted by atomic mass is 35.5. The van der Waals surface area contributed by atoms with Gasteiger partial charge in [0.05, 0.1) is 6.04 Å². The number of thioether (sulfide) groups is 1. The smallest absolute Gasteiger partial charge is 0.238 e. The number of rotatable bonds is 4. The molecule has 0 radical (unpaired) electrons. The Labute approximate surface area is 118 Å². The summed E-state index contributed by atoms with van der Waals surface area (Å²) in [6.45, 7) is 3.41. The van der Waals surface area contributed by atoms with E-state index in [4.69, 9.17) is 0 Å². The van der Waals surface area contributed by atoms with Gasteiger partial charge in [-0.1, -0.05) is 0 Å². The van der Waals surface area contributed by atoms with E-state index in [9.17, 15) is 9.59 Å². The molecule has 2 fully saturated rings. The van der Waals surface area contributed by atoms with Crippen LogP contribution in [0.2, 0.25) is 0 Å². The lowest BCUT2D eigenvalue weighted by Crippen LogP contribution is -2.49. The second-order valence-corrected chi connectivity index (χ2v) is 5.66. The first kappa shape index (κ1) is 15.6. The number of carbonyl (C=O) groups excluding carboxylic acids is 2. The van der Waals surface area contributed by atoms with Crippen LogP contribution in [0.15, 0.2) is 0 Å². The molecule has 104 valence electrons. The number of carbonyl (C=O) groups is 2. The molecule has 7 heteroatoms. The van der Waals surface area contributed by atoms with E-state index < -0.39 is 0 Å². The van der Waals surface area contributed by atoms with Crippen LogP contribution >= 0.6 is 24.2 Å². The van der Waals surface area contributed by atoms with E-state index in [1.165, 1.54) is 0 Å². The fraction of sp³-hybridized carbons (Fsp3) is 0.818. The number of nitrogens with one attached hydrogen (secondary N) is 2. The molecule has 0 bridgehead atoms. The quantitative estimate of drug-likeness (QED) is 0.777. The van der Waals surface area contributed by atoms with Gasteiger partial charge in [-0.15, -0.1) is 24.2 Å². The SMILES string of the molecule is CC(CN1CCCC1=O)NC(=O)C1CSCN1.Cl. The van der Waals surface area contributed by atoms with Gasteiger partial charge in [0.2, 0.25) is 11.8 Å². The van der Waals surface area contributed by atoms with Gasteiger partial charge in [0.15, 0.2) is 0 Å². The summed E-state index contributed by atoms with van der Waals surface area (Å²) in [5, 5.41) is 6.10. The largest absolute Gasteiger partial charge is 0.350 e. The first-order chi connectivity index (χ1) is 8.16. The van der Waals surface area contributed by atoms with Crippen molar-refractivity contribution in [1.29, 1.82) is 0 Å². The highest BCUT2D eigenvalue weighted by Crippen LogP contribution is 2.11. The number of amides is 2. The maximum atomic E-state index is 11.8. The van der Waals surface area contributed by atoms with Gasteiger partial charge < -0.3 is 10.2 Å². The number of hydrogen-bond donors (Lipinski definition) is 2. The second kappa shape index (κ2) is 7.21. The van der Waals surface area contributed by atoms with Crippen LogP contribution in [0.3, 0.4) is 0 Å². The fourth-order valence-electron chi connectivity index (χ4n) is 2.18. The van der Waals surface area contributed by atoms with Crippen molar-refractivity contribution in [3.05, 3.63) is 0 Å². The standard InChI is InChI=1S/C11H19N3O2S.ClH/c1-8(5-14-4-2-3-10(14)15)13-11(16)9-6-17-7-12-9;/h8-9,12H,2-7H2,1H3,(H,13,16);1H. The number of likely N-dealkylation sites (tertiary alicyclic amines) is 1. The Morgan fingerprint density at radius 1 is 1.67 bits per heavy atom. The average molecular weight is 294 g/mol. The summed E-state index contributed by atoms with van der Waals surface area (Å²) >= 11 is 1.73. The van der Waals surface area contributed by atoms with Crippen LogP contribution in [0, 0.1) is 0 Å². The Hall–Kier alpha value is -0.460. The maximum absolute atomic E-state index is 11.8.